The summed E-state index contributed by atoms with van der Waals surface area (Å²) in [6.45, 7) is 1.91. The summed E-state index contributed by atoms with van der Waals surface area (Å²) < 4.78 is 4.84. The summed E-state index contributed by atoms with van der Waals surface area (Å²) >= 11 is 7.27. The molecule has 0 aliphatic rings. The third-order valence-corrected chi connectivity index (χ3v) is 3.19. The Kier molecular flexibility index (Phi) is 6.26. The highest BCUT2D eigenvalue weighted by Crippen LogP contribution is 2.26. The van der Waals surface area contributed by atoms with Crippen molar-refractivity contribution in [2.45, 2.75) is 6.92 Å². The molecule has 4 nitrogen and oxygen atoms in total. The van der Waals surface area contributed by atoms with Gasteiger partial charge in [-0.15, -0.1) is 11.8 Å². The van der Waals surface area contributed by atoms with Crippen LogP contribution in [0.1, 0.15) is 6.92 Å². The fourth-order valence-corrected chi connectivity index (χ4v) is 2.02. The van der Waals surface area contributed by atoms with E-state index in [1.54, 1.807) is 31.4 Å². The molecule has 0 aliphatic heterocycles. The summed E-state index contributed by atoms with van der Waals surface area (Å²) in [5, 5.41) is 13.0. The molecule has 6 heteroatoms. The van der Waals surface area contributed by atoms with E-state index in [2.05, 4.69) is 5.32 Å². The summed E-state index contributed by atoms with van der Waals surface area (Å²) in [7, 11) is 0. The van der Waals surface area contributed by atoms with Crippen LogP contribution in [0.15, 0.2) is 34.9 Å². The van der Waals surface area contributed by atoms with Crippen LogP contribution in [0.25, 0.3) is 0 Å². The molecule has 0 aliphatic carbocycles. The van der Waals surface area contributed by atoms with E-state index < -0.39 is 5.97 Å². The highest BCUT2D eigenvalue weighted by Gasteiger charge is 2.17. The molecule has 0 saturated carbocycles. The first-order valence-corrected chi connectivity index (χ1v) is 7.11. The Labute approximate surface area is 121 Å². The van der Waals surface area contributed by atoms with Crippen molar-refractivity contribution in [2.75, 3.05) is 18.2 Å². The summed E-state index contributed by atoms with van der Waals surface area (Å²) in [5.74, 6) is -0.645. The smallest absolute Gasteiger partial charge is 0.351 e. The first-order chi connectivity index (χ1) is 9.13. The molecule has 0 aromatic heterocycles. The normalized spacial score (nSPS) is 11.3. The van der Waals surface area contributed by atoms with Gasteiger partial charge in [-0.3, -0.25) is 0 Å². The first kappa shape index (κ1) is 15.4. The van der Waals surface area contributed by atoms with Gasteiger partial charge in [-0.1, -0.05) is 23.7 Å². The molecule has 0 saturated heterocycles. The van der Waals surface area contributed by atoms with E-state index in [0.717, 1.165) is 0 Å². The van der Waals surface area contributed by atoms with Crippen LogP contribution in [-0.4, -0.2) is 18.8 Å². The van der Waals surface area contributed by atoms with Crippen molar-refractivity contribution in [3.63, 3.8) is 0 Å². The molecule has 0 heterocycles. The number of carbonyl (C=O) groups excluding carboxylic acids is 1. The molecular weight excluding hydrogens is 284 g/mol. The van der Waals surface area contributed by atoms with Crippen LogP contribution < -0.4 is 5.32 Å². The van der Waals surface area contributed by atoms with Crippen molar-refractivity contribution in [3.05, 3.63) is 39.9 Å². The number of thioether (sulfide) groups is 1. The van der Waals surface area contributed by atoms with Gasteiger partial charge in [-0.25, -0.2) is 4.79 Å². The second-order valence-corrected chi connectivity index (χ2v) is 4.57. The van der Waals surface area contributed by atoms with Crippen LogP contribution in [0.2, 0.25) is 5.02 Å². The van der Waals surface area contributed by atoms with Crippen LogP contribution >= 0.6 is 23.4 Å². The maximum absolute atomic E-state index is 11.7. The summed E-state index contributed by atoms with van der Waals surface area (Å²) in [6, 6.07) is 8.95. The van der Waals surface area contributed by atoms with Gasteiger partial charge in [-0.2, -0.15) is 5.26 Å². The fraction of sp³-hybridized carbons (Fsp3) is 0.231. The lowest BCUT2D eigenvalue weighted by molar-refractivity contribution is -0.138. The van der Waals surface area contributed by atoms with E-state index in [1.807, 2.05) is 12.1 Å². The van der Waals surface area contributed by atoms with Crippen LogP contribution in [0, 0.1) is 11.3 Å². The molecule has 19 heavy (non-hydrogen) atoms. The molecule has 0 radical (unpaired) electrons. The maximum Gasteiger partial charge on any atom is 0.351 e. The zero-order chi connectivity index (χ0) is 14.3. The summed E-state index contributed by atoms with van der Waals surface area (Å²) in [5.41, 5.74) is 0.569. The standard InChI is InChI=1S/C13H13ClN2O2S/c1-3-18-13(17)9(8-15)12(19-2)16-11-7-5-4-6-10(11)14/h4-7,16H,3H2,1-2H3/b12-9+. The Hall–Kier alpha value is -1.64. The average Bonchev–Trinajstić information content (AvgIpc) is 2.41. The fourth-order valence-electron chi connectivity index (χ4n) is 1.29. The second-order valence-electron chi connectivity index (χ2n) is 3.35. The van der Waals surface area contributed by atoms with E-state index in [4.69, 9.17) is 21.6 Å². The number of nitriles is 1. The Morgan fingerprint density at radius 3 is 2.74 bits per heavy atom. The third kappa shape index (κ3) is 4.19. The molecule has 0 unspecified atom stereocenters. The molecule has 0 fully saturated rings. The van der Waals surface area contributed by atoms with Crippen LogP contribution in [-0.2, 0) is 9.53 Å². The number of carbonyl (C=O) groups is 1. The van der Waals surface area contributed by atoms with E-state index in [9.17, 15) is 4.79 Å². The zero-order valence-electron chi connectivity index (χ0n) is 10.6. The molecule has 1 rings (SSSR count). The second kappa shape index (κ2) is 7.72. The Balaban J connectivity index is 3.08. The van der Waals surface area contributed by atoms with Gasteiger partial charge in [0.05, 0.1) is 22.3 Å². The highest BCUT2D eigenvalue weighted by atomic mass is 35.5. The van der Waals surface area contributed by atoms with Gasteiger partial charge in [0.25, 0.3) is 0 Å². The van der Waals surface area contributed by atoms with Crippen molar-refractivity contribution >= 4 is 35.0 Å². The molecular formula is C13H13ClN2O2S. The summed E-state index contributed by atoms with van der Waals surface area (Å²) in [4.78, 5) is 11.7. The van der Waals surface area contributed by atoms with Gasteiger partial charge >= 0.3 is 5.97 Å². The largest absolute Gasteiger partial charge is 0.462 e. The number of rotatable bonds is 5. The molecule has 1 N–H and O–H groups in total. The number of benzene rings is 1. The molecule has 100 valence electrons. The number of para-hydroxylation sites is 1. The predicted octanol–water partition coefficient (Wildman–Crippen LogP) is 3.41. The van der Waals surface area contributed by atoms with Crippen molar-refractivity contribution in [1.29, 1.82) is 5.26 Å². The van der Waals surface area contributed by atoms with Crippen molar-refractivity contribution in [3.8, 4) is 6.07 Å². The van der Waals surface area contributed by atoms with Crippen molar-refractivity contribution in [1.82, 2.24) is 0 Å². The zero-order valence-corrected chi connectivity index (χ0v) is 12.1. The van der Waals surface area contributed by atoms with Crippen LogP contribution in [0.4, 0.5) is 5.69 Å². The van der Waals surface area contributed by atoms with Gasteiger partial charge in [0, 0.05) is 0 Å². The molecule has 0 atom stereocenters. The maximum atomic E-state index is 11.7. The minimum absolute atomic E-state index is 0.0609. The predicted molar refractivity (Wildman–Crippen MR) is 77.9 cm³/mol. The highest BCUT2D eigenvalue weighted by molar-refractivity contribution is 8.02. The SMILES string of the molecule is CCOC(=O)/C(C#N)=C(\Nc1ccccc1Cl)SC. The van der Waals surface area contributed by atoms with Crippen LogP contribution in [0.3, 0.4) is 0 Å². The van der Waals surface area contributed by atoms with Gasteiger partial charge < -0.3 is 10.1 Å². The van der Waals surface area contributed by atoms with E-state index >= 15 is 0 Å². The minimum Gasteiger partial charge on any atom is -0.462 e. The van der Waals surface area contributed by atoms with E-state index in [0.29, 0.717) is 15.7 Å². The molecule has 0 amide bonds. The molecule has 1 aromatic carbocycles. The molecule has 1 aromatic rings. The quantitative estimate of drug-likeness (QED) is 0.512. The number of ether oxygens (including phenoxy) is 1. The Morgan fingerprint density at radius 2 is 2.21 bits per heavy atom. The van der Waals surface area contributed by atoms with Gasteiger partial charge in [0.15, 0.2) is 5.57 Å². The number of nitrogens with one attached hydrogen (secondary N) is 1. The molecule has 0 spiro atoms. The van der Waals surface area contributed by atoms with Gasteiger partial charge in [-0.05, 0) is 25.3 Å². The topological polar surface area (TPSA) is 62.1 Å². The monoisotopic (exact) mass is 296 g/mol. The lowest BCUT2D eigenvalue weighted by Gasteiger charge is -2.11. The first-order valence-electron chi connectivity index (χ1n) is 5.51. The lowest BCUT2D eigenvalue weighted by atomic mass is 10.3. The average molecular weight is 297 g/mol. The Bertz CT molecular complexity index is 538. The van der Waals surface area contributed by atoms with E-state index in [-0.39, 0.29) is 12.2 Å². The third-order valence-electron chi connectivity index (χ3n) is 2.14. The number of esters is 1. The summed E-state index contributed by atoms with van der Waals surface area (Å²) in [6.07, 6.45) is 1.76. The molecule has 0 bridgehead atoms. The number of nitrogens with zero attached hydrogens (tertiary/aromatic N) is 1. The van der Waals surface area contributed by atoms with Gasteiger partial charge in [0.1, 0.15) is 6.07 Å². The van der Waals surface area contributed by atoms with Crippen molar-refractivity contribution < 1.29 is 9.53 Å². The Morgan fingerprint density at radius 1 is 1.53 bits per heavy atom. The number of hydrogen-bond acceptors (Lipinski definition) is 5. The number of halogens is 1. The van der Waals surface area contributed by atoms with E-state index in [1.165, 1.54) is 11.8 Å². The van der Waals surface area contributed by atoms with Gasteiger partial charge in [0.2, 0.25) is 0 Å². The number of anilines is 1. The minimum atomic E-state index is -0.645. The lowest BCUT2D eigenvalue weighted by Crippen LogP contribution is -2.11. The van der Waals surface area contributed by atoms with Crippen molar-refractivity contribution in [2.24, 2.45) is 0 Å². The number of hydrogen-bond donors (Lipinski definition) is 1. The van der Waals surface area contributed by atoms with Crippen LogP contribution in [0.5, 0.6) is 0 Å².